The molecule has 154 valence electrons. The van der Waals surface area contributed by atoms with Crippen molar-refractivity contribution in [1.82, 2.24) is 10.1 Å². The summed E-state index contributed by atoms with van der Waals surface area (Å²) in [6.45, 7) is 4.45. The normalized spacial score (nSPS) is 15.0. The number of alkyl halides is 3. The zero-order valence-electron chi connectivity index (χ0n) is 15.7. The number of thiazole rings is 1. The Morgan fingerprint density at radius 1 is 1.34 bits per heavy atom. The van der Waals surface area contributed by atoms with Crippen molar-refractivity contribution in [2.24, 2.45) is 0 Å². The Labute approximate surface area is 168 Å². The number of para-hydroxylation sites is 1. The average Bonchev–Trinajstić information content (AvgIpc) is 3.18. The number of aryl methyl sites for hydroxylation is 2. The minimum absolute atomic E-state index is 0.0418. The van der Waals surface area contributed by atoms with E-state index in [-0.39, 0.29) is 24.0 Å². The number of hydrogen-bond donors (Lipinski definition) is 0. The van der Waals surface area contributed by atoms with Gasteiger partial charge in [-0.25, -0.2) is 4.98 Å². The number of anilines is 1. The largest absolute Gasteiger partial charge is 0.459 e. The van der Waals surface area contributed by atoms with E-state index in [1.807, 2.05) is 11.8 Å². The summed E-state index contributed by atoms with van der Waals surface area (Å²) in [5.41, 5.74) is 0.895. The second-order valence-corrected chi connectivity index (χ2v) is 7.98. The first kappa shape index (κ1) is 19.7. The summed E-state index contributed by atoms with van der Waals surface area (Å²) in [6, 6.07) is 4.04. The van der Waals surface area contributed by atoms with Crippen molar-refractivity contribution in [3.8, 4) is 0 Å². The number of benzene rings is 1. The van der Waals surface area contributed by atoms with Gasteiger partial charge in [0.25, 0.3) is 0 Å². The van der Waals surface area contributed by atoms with Crippen LogP contribution in [-0.4, -0.2) is 35.3 Å². The Morgan fingerprint density at radius 3 is 2.76 bits per heavy atom. The zero-order valence-corrected chi connectivity index (χ0v) is 16.6. The summed E-state index contributed by atoms with van der Waals surface area (Å²) < 4.78 is 50.4. The van der Waals surface area contributed by atoms with Crippen LogP contribution >= 0.6 is 11.3 Å². The van der Waals surface area contributed by atoms with Gasteiger partial charge < -0.3 is 14.2 Å². The van der Waals surface area contributed by atoms with Crippen LogP contribution in [0.2, 0.25) is 0 Å². The van der Waals surface area contributed by atoms with Gasteiger partial charge in [-0.15, -0.1) is 0 Å². The Morgan fingerprint density at radius 2 is 2.10 bits per heavy atom. The van der Waals surface area contributed by atoms with Gasteiger partial charge in [-0.05, 0) is 32.4 Å². The Balaban J connectivity index is 1.33. The van der Waals surface area contributed by atoms with Gasteiger partial charge in [0.2, 0.25) is 0 Å². The van der Waals surface area contributed by atoms with Gasteiger partial charge in [0.1, 0.15) is 11.9 Å². The number of carbonyl (C=O) groups excluding carboxylic acids is 1. The summed E-state index contributed by atoms with van der Waals surface area (Å²) in [6.07, 6.45) is -4.02. The zero-order chi connectivity index (χ0) is 20.8. The van der Waals surface area contributed by atoms with Crippen molar-refractivity contribution in [2.75, 3.05) is 18.0 Å². The highest BCUT2D eigenvalue weighted by molar-refractivity contribution is 7.22. The topological polar surface area (TPSA) is 68.5 Å². The van der Waals surface area contributed by atoms with Gasteiger partial charge in [-0.1, -0.05) is 22.6 Å². The van der Waals surface area contributed by atoms with E-state index in [0.29, 0.717) is 35.1 Å². The maximum Gasteiger partial charge on any atom is 0.418 e. The first-order chi connectivity index (χ1) is 13.7. The fraction of sp³-hybridized carbons (Fsp3) is 0.421. The van der Waals surface area contributed by atoms with Gasteiger partial charge in [0, 0.05) is 12.0 Å². The lowest BCUT2D eigenvalue weighted by atomic mass is 10.1. The standard InChI is InChI=1S/C19H18F3N3O3S/c1-10-13(11(2)28-24-10)6-7-16(26)27-12-8-25(9-12)18-23-17-14(19(20,21)22)4-3-5-15(17)29-18/h3-5,12H,6-9H2,1-2H3. The lowest BCUT2D eigenvalue weighted by molar-refractivity contribution is -0.150. The van der Waals surface area contributed by atoms with Crippen molar-refractivity contribution >= 4 is 32.7 Å². The highest BCUT2D eigenvalue weighted by atomic mass is 32.1. The molecule has 4 rings (SSSR count). The number of halogens is 3. The quantitative estimate of drug-likeness (QED) is 0.569. The van der Waals surface area contributed by atoms with E-state index in [1.54, 1.807) is 13.0 Å². The molecule has 1 aliphatic rings. The molecule has 0 bridgehead atoms. The van der Waals surface area contributed by atoms with Crippen molar-refractivity contribution in [2.45, 2.75) is 39.0 Å². The summed E-state index contributed by atoms with van der Waals surface area (Å²) in [4.78, 5) is 18.1. The third-order valence-electron chi connectivity index (χ3n) is 4.89. The molecule has 2 aromatic heterocycles. The molecule has 10 heteroatoms. The summed E-state index contributed by atoms with van der Waals surface area (Å²) in [5, 5.41) is 4.35. The second-order valence-electron chi connectivity index (χ2n) is 6.97. The number of esters is 1. The lowest BCUT2D eigenvalue weighted by Gasteiger charge is -2.38. The predicted octanol–water partition coefficient (Wildman–Crippen LogP) is 4.28. The van der Waals surface area contributed by atoms with E-state index in [9.17, 15) is 18.0 Å². The van der Waals surface area contributed by atoms with Crippen LogP contribution in [0.4, 0.5) is 18.3 Å². The number of rotatable bonds is 5. The van der Waals surface area contributed by atoms with Crippen LogP contribution in [0.1, 0.15) is 29.0 Å². The van der Waals surface area contributed by atoms with Crippen molar-refractivity contribution < 1.29 is 27.2 Å². The molecule has 3 aromatic rings. The maximum atomic E-state index is 13.1. The molecule has 0 amide bonds. The molecule has 0 N–H and O–H groups in total. The lowest BCUT2D eigenvalue weighted by Crippen LogP contribution is -2.53. The van der Waals surface area contributed by atoms with E-state index in [4.69, 9.17) is 9.26 Å². The molecule has 1 aliphatic heterocycles. The Kier molecular flexibility index (Phi) is 4.97. The monoisotopic (exact) mass is 425 g/mol. The fourth-order valence-electron chi connectivity index (χ4n) is 3.30. The number of ether oxygens (including phenoxy) is 1. The highest BCUT2D eigenvalue weighted by Crippen LogP contribution is 2.39. The number of hydrogen-bond acceptors (Lipinski definition) is 7. The van der Waals surface area contributed by atoms with Gasteiger partial charge >= 0.3 is 12.1 Å². The minimum Gasteiger partial charge on any atom is -0.459 e. The van der Waals surface area contributed by atoms with Crippen LogP contribution in [0.25, 0.3) is 10.2 Å². The van der Waals surface area contributed by atoms with Crippen LogP contribution in [0.3, 0.4) is 0 Å². The summed E-state index contributed by atoms with van der Waals surface area (Å²) in [5.74, 6) is 0.373. The second kappa shape index (κ2) is 7.33. The van der Waals surface area contributed by atoms with Crippen LogP contribution in [0.5, 0.6) is 0 Å². The van der Waals surface area contributed by atoms with Crippen LogP contribution in [0, 0.1) is 13.8 Å². The van der Waals surface area contributed by atoms with E-state index in [1.165, 1.54) is 17.4 Å². The van der Waals surface area contributed by atoms with Crippen molar-refractivity contribution in [3.05, 3.63) is 40.8 Å². The fourth-order valence-corrected chi connectivity index (χ4v) is 4.31. The number of nitrogens with zero attached hydrogens (tertiary/aromatic N) is 3. The molecule has 1 fully saturated rings. The Bertz CT molecular complexity index is 1030. The average molecular weight is 425 g/mol. The molecule has 0 atom stereocenters. The predicted molar refractivity (Wildman–Crippen MR) is 101 cm³/mol. The van der Waals surface area contributed by atoms with Crippen molar-refractivity contribution in [3.63, 3.8) is 0 Å². The van der Waals surface area contributed by atoms with E-state index in [0.717, 1.165) is 17.3 Å². The molecule has 6 nitrogen and oxygen atoms in total. The molecular weight excluding hydrogens is 407 g/mol. The highest BCUT2D eigenvalue weighted by Gasteiger charge is 2.36. The molecular formula is C19H18F3N3O3S. The van der Waals surface area contributed by atoms with E-state index < -0.39 is 11.7 Å². The third-order valence-corrected chi connectivity index (χ3v) is 5.97. The molecule has 1 saturated heterocycles. The molecule has 3 heterocycles. The molecule has 0 spiro atoms. The number of fused-ring (bicyclic) bond motifs is 1. The molecule has 0 saturated carbocycles. The summed E-state index contributed by atoms with van der Waals surface area (Å²) in [7, 11) is 0. The Hall–Kier alpha value is -2.62. The number of aromatic nitrogens is 2. The SMILES string of the molecule is Cc1noc(C)c1CCC(=O)OC1CN(c2nc3c(C(F)(F)F)cccc3s2)C1. The summed E-state index contributed by atoms with van der Waals surface area (Å²) >= 11 is 1.20. The molecule has 0 aliphatic carbocycles. The van der Waals surface area contributed by atoms with E-state index in [2.05, 4.69) is 10.1 Å². The molecule has 0 unspecified atom stereocenters. The molecule has 1 aromatic carbocycles. The van der Waals surface area contributed by atoms with Crippen LogP contribution < -0.4 is 4.90 Å². The van der Waals surface area contributed by atoms with Gasteiger partial charge in [-0.3, -0.25) is 4.79 Å². The molecule has 29 heavy (non-hydrogen) atoms. The number of carbonyl (C=O) groups is 1. The molecule has 0 radical (unpaired) electrons. The van der Waals surface area contributed by atoms with Crippen LogP contribution in [0.15, 0.2) is 22.7 Å². The third kappa shape index (κ3) is 3.93. The first-order valence-electron chi connectivity index (χ1n) is 9.05. The van der Waals surface area contributed by atoms with Crippen LogP contribution in [-0.2, 0) is 22.1 Å². The van der Waals surface area contributed by atoms with E-state index >= 15 is 0 Å². The first-order valence-corrected chi connectivity index (χ1v) is 9.87. The smallest absolute Gasteiger partial charge is 0.418 e. The van der Waals surface area contributed by atoms with Crippen molar-refractivity contribution in [1.29, 1.82) is 0 Å². The van der Waals surface area contributed by atoms with Gasteiger partial charge in [0.15, 0.2) is 5.13 Å². The van der Waals surface area contributed by atoms with Gasteiger partial charge in [-0.2, -0.15) is 13.2 Å². The van der Waals surface area contributed by atoms with Gasteiger partial charge in [0.05, 0.1) is 34.6 Å². The minimum atomic E-state index is -4.45. The maximum absolute atomic E-state index is 13.1.